The van der Waals surface area contributed by atoms with Gasteiger partial charge in [-0.15, -0.1) is 11.3 Å². The molecule has 1 saturated heterocycles. The maximum atomic E-state index is 4.81. The van der Waals surface area contributed by atoms with E-state index in [1.54, 1.807) is 11.3 Å². The van der Waals surface area contributed by atoms with E-state index in [4.69, 9.17) is 4.98 Å². The summed E-state index contributed by atoms with van der Waals surface area (Å²) in [5, 5.41) is 1.02. The van der Waals surface area contributed by atoms with Crippen molar-refractivity contribution in [2.45, 2.75) is 19.8 Å². The Morgan fingerprint density at radius 3 is 2.37 bits per heavy atom. The fourth-order valence-corrected chi connectivity index (χ4v) is 4.51. The van der Waals surface area contributed by atoms with E-state index in [1.807, 2.05) is 25.4 Å². The number of aryl methyl sites for hydroxylation is 1. The second-order valence-corrected chi connectivity index (χ2v) is 8.02. The van der Waals surface area contributed by atoms with Crippen molar-refractivity contribution in [1.29, 1.82) is 0 Å². The lowest BCUT2D eigenvalue weighted by Crippen LogP contribution is -2.18. The molecule has 4 nitrogen and oxygen atoms in total. The number of hydrogen-bond acceptors (Lipinski definition) is 5. The second-order valence-electron chi connectivity index (χ2n) is 6.99. The molecule has 0 saturated carbocycles. The standard InChI is InChI=1S/C22H20N4S/c1-15-4-5-17(13-23-15)16-6-8-19-20(12-16)27-22(25-19)18-7-9-21(24-14-18)26-10-2-3-11-26/h4-9,12-14H,2-3,10-11H2,1H3. The zero-order valence-electron chi connectivity index (χ0n) is 15.2. The Balaban J connectivity index is 1.46. The first-order valence-corrected chi connectivity index (χ1v) is 10.1. The SMILES string of the molecule is Cc1ccc(-c2ccc3nc(-c4ccc(N5CCCC5)nc4)sc3c2)cn1. The van der Waals surface area contributed by atoms with Gasteiger partial charge in [0.25, 0.3) is 0 Å². The highest BCUT2D eigenvalue weighted by Crippen LogP contribution is 2.33. The highest BCUT2D eigenvalue weighted by Gasteiger charge is 2.14. The van der Waals surface area contributed by atoms with Crippen molar-refractivity contribution in [3.05, 3.63) is 60.6 Å². The van der Waals surface area contributed by atoms with E-state index in [1.165, 1.54) is 23.1 Å². The number of nitrogens with zero attached hydrogens (tertiary/aromatic N) is 4. The average Bonchev–Trinajstić information content (AvgIpc) is 3.38. The van der Waals surface area contributed by atoms with Gasteiger partial charge in [-0.05, 0) is 55.7 Å². The Bertz CT molecular complexity index is 1080. The van der Waals surface area contributed by atoms with E-state index < -0.39 is 0 Å². The number of thiazole rings is 1. The first kappa shape index (κ1) is 16.4. The van der Waals surface area contributed by atoms with Crippen molar-refractivity contribution in [1.82, 2.24) is 15.0 Å². The zero-order valence-corrected chi connectivity index (χ0v) is 16.0. The lowest BCUT2D eigenvalue weighted by molar-refractivity contribution is 0.938. The van der Waals surface area contributed by atoms with Gasteiger partial charge in [-0.3, -0.25) is 4.98 Å². The summed E-state index contributed by atoms with van der Waals surface area (Å²) in [6.45, 7) is 4.24. The van der Waals surface area contributed by atoms with Gasteiger partial charge in [0.15, 0.2) is 0 Å². The zero-order chi connectivity index (χ0) is 18.2. The van der Waals surface area contributed by atoms with E-state index >= 15 is 0 Å². The minimum atomic E-state index is 1.02. The van der Waals surface area contributed by atoms with E-state index in [0.29, 0.717) is 0 Å². The normalized spacial score (nSPS) is 14.2. The first-order valence-electron chi connectivity index (χ1n) is 9.31. The van der Waals surface area contributed by atoms with Gasteiger partial charge in [0, 0.05) is 42.3 Å². The van der Waals surface area contributed by atoms with Crippen LogP contribution in [0.3, 0.4) is 0 Å². The van der Waals surface area contributed by atoms with E-state index in [2.05, 4.69) is 51.3 Å². The Kier molecular flexibility index (Phi) is 4.09. The lowest BCUT2D eigenvalue weighted by Gasteiger charge is -2.15. The van der Waals surface area contributed by atoms with Crippen LogP contribution in [-0.4, -0.2) is 28.0 Å². The number of benzene rings is 1. The molecule has 0 spiro atoms. The maximum absolute atomic E-state index is 4.81. The molecule has 1 fully saturated rings. The molecular formula is C22H20N4S. The quantitative estimate of drug-likeness (QED) is 0.487. The van der Waals surface area contributed by atoms with Crippen LogP contribution >= 0.6 is 11.3 Å². The number of fused-ring (bicyclic) bond motifs is 1. The highest BCUT2D eigenvalue weighted by atomic mass is 32.1. The van der Waals surface area contributed by atoms with Crippen molar-refractivity contribution < 1.29 is 0 Å². The van der Waals surface area contributed by atoms with Crippen LogP contribution in [0, 0.1) is 6.92 Å². The van der Waals surface area contributed by atoms with E-state index in [0.717, 1.165) is 46.3 Å². The summed E-state index contributed by atoms with van der Waals surface area (Å²) in [6, 6.07) is 14.8. The molecule has 0 atom stereocenters. The fraction of sp³-hybridized carbons (Fsp3) is 0.227. The third-order valence-electron chi connectivity index (χ3n) is 5.06. The van der Waals surface area contributed by atoms with E-state index in [-0.39, 0.29) is 0 Å². The molecule has 0 radical (unpaired) electrons. The first-order chi connectivity index (χ1) is 13.3. The van der Waals surface area contributed by atoms with Gasteiger partial charge in [-0.2, -0.15) is 0 Å². The predicted octanol–water partition coefficient (Wildman–Crippen LogP) is 5.33. The fourth-order valence-electron chi connectivity index (χ4n) is 3.51. The average molecular weight is 372 g/mol. The van der Waals surface area contributed by atoms with Crippen molar-refractivity contribution in [2.24, 2.45) is 0 Å². The molecule has 3 aromatic heterocycles. The van der Waals surface area contributed by atoms with Crippen LogP contribution in [-0.2, 0) is 0 Å². The molecule has 5 rings (SSSR count). The predicted molar refractivity (Wildman–Crippen MR) is 112 cm³/mol. The molecule has 4 heterocycles. The molecular weight excluding hydrogens is 352 g/mol. The summed E-state index contributed by atoms with van der Waals surface area (Å²) in [4.78, 5) is 16.2. The van der Waals surface area contributed by atoms with Gasteiger partial charge >= 0.3 is 0 Å². The van der Waals surface area contributed by atoms with Crippen molar-refractivity contribution in [2.75, 3.05) is 18.0 Å². The van der Waals surface area contributed by atoms with Crippen molar-refractivity contribution in [3.63, 3.8) is 0 Å². The molecule has 27 heavy (non-hydrogen) atoms. The molecule has 134 valence electrons. The molecule has 1 aromatic carbocycles. The van der Waals surface area contributed by atoms with Crippen molar-refractivity contribution >= 4 is 27.4 Å². The number of pyridine rings is 2. The Morgan fingerprint density at radius 2 is 1.63 bits per heavy atom. The highest BCUT2D eigenvalue weighted by molar-refractivity contribution is 7.21. The van der Waals surface area contributed by atoms with Gasteiger partial charge in [0.1, 0.15) is 10.8 Å². The van der Waals surface area contributed by atoms with Crippen LogP contribution in [0.15, 0.2) is 54.9 Å². The molecule has 0 unspecified atom stereocenters. The number of hydrogen-bond donors (Lipinski definition) is 0. The van der Waals surface area contributed by atoms with Crippen LogP contribution in [0.4, 0.5) is 5.82 Å². The third kappa shape index (κ3) is 3.19. The van der Waals surface area contributed by atoms with E-state index in [9.17, 15) is 0 Å². The lowest BCUT2D eigenvalue weighted by atomic mass is 10.1. The maximum Gasteiger partial charge on any atom is 0.128 e. The summed E-state index contributed by atoms with van der Waals surface area (Å²) in [7, 11) is 0. The van der Waals surface area contributed by atoms with Crippen LogP contribution in [0.1, 0.15) is 18.5 Å². The molecule has 4 aromatic rings. The largest absolute Gasteiger partial charge is 0.357 e. The van der Waals surface area contributed by atoms with Crippen LogP contribution in [0.2, 0.25) is 0 Å². The number of aromatic nitrogens is 3. The molecule has 0 bridgehead atoms. The summed E-state index contributed by atoms with van der Waals surface area (Å²) < 4.78 is 1.19. The van der Waals surface area contributed by atoms with Gasteiger partial charge in [0.05, 0.1) is 10.2 Å². The second kappa shape index (κ2) is 6.74. The summed E-state index contributed by atoms with van der Waals surface area (Å²) in [5.41, 5.74) is 5.45. The number of rotatable bonds is 3. The molecule has 0 N–H and O–H groups in total. The Hall–Kier alpha value is -2.79. The van der Waals surface area contributed by atoms with Crippen LogP contribution in [0.25, 0.3) is 31.9 Å². The summed E-state index contributed by atoms with van der Waals surface area (Å²) in [5.74, 6) is 1.08. The van der Waals surface area contributed by atoms with Crippen molar-refractivity contribution in [3.8, 4) is 21.7 Å². The molecule has 1 aliphatic heterocycles. The minimum Gasteiger partial charge on any atom is -0.357 e. The number of anilines is 1. The topological polar surface area (TPSA) is 41.9 Å². The van der Waals surface area contributed by atoms with Crippen LogP contribution < -0.4 is 4.90 Å². The van der Waals surface area contributed by atoms with Gasteiger partial charge < -0.3 is 4.90 Å². The molecule has 0 amide bonds. The van der Waals surface area contributed by atoms with Gasteiger partial charge in [-0.1, -0.05) is 12.1 Å². The van der Waals surface area contributed by atoms with Gasteiger partial charge in [0.2, 0.25) is 0 Å². The molecule has 0 aliphatic carbocycles. The third-order valence-corrected chi connectivity index (χ3v) is 6.13. The Morgan fingerprint density at radius 1 is 0.852 bits per heavy atom. The molecule has 5 heteroatoms. The monoisotopic (exact) mass is 372 g/mol. The summed E-state index contributed by atoms with van der Waals surface area (Å²) >= 11 is 1.72. The Labute approximate surface area is 162 Å². The smallest absolute Gasteiger partial charge is 0.128 e. The molecule has 1 aliphatic rings. The van der Waals surface area contributed by atoms with Gasteiger partial charge in [-0.25, -0.2) is 9.97 Å². The minimum absolute atomic E-state index is 1.02. The summed E-state index contributed by atoms with van der Waals surface area (Å²) in [6.07, 6.45) is 6.41. The van der Waals surface area contributed by atoms with Crippen LogP contribution in [0.5, 0.6) is 0 Å².